The lowest BCUT2D eigenvalue weighted by Crippen LogP contribution is -2.53. The number of carbonyl (C=O) groups is 2. The third-order valence-corrected chi connectivity index (χ3v) is 6.25. The summed E-state index contributed by atoms with van der Waals surface area (Å²) in [6.07, 6.45) is 0.965. The Balaban J connectivity index is 1.28. The van der Waals surface area contributed by atoms with Gasteiger partial charge in [0.15, 0.2) is 6.61 Å². The fourth-order valence-corrected chi connectivity index (χ4v) is 4.23. The van der Waals surface area contributed by atoms with Crippen LogP contribution in [0.25, 0.3) is 0 Å². The summed E-state index contributed by atoms with van der Waals surface area (Å²) in [7, 11) is 1.67. The van der Waals surface area contributed by atoms with E-state index in [4.69, 9.17) is 9.47 Å². The fourth-order valence-electron chi connectivity index (χ4n) is 3.89. The zero-order chi connectivity index (χ0) is 21.8. The van der Waals surface area contributed by atoms with Crippen LogP contribution in [0.5, 0.6) is 11.5 Å². The molecule has 31 heavy (non-hydrogen) atoms. The number of amides is 2. The summed E-state index contributed by atoms with van der Waals surface area (Å²) in [6, 6.07) is 13.6. The van der Waals surface area contributed by atoms with E-state index >= 15 is 0 Å². The molecular weight excluding hydrogens is 462 g/mol. The zero-order valence-corrected chi connectivity index (χ0v) is 19.1. The fraction of sp³-hybridized carbons (Fsp3) is 0.391. The normalized spacial score (nSPS) is 16.6. The minimum atomic E-state index is -0.193. The number of ether oxygens (including phenoxy) is 2. The van der Waals surface area contributed by atoms with Crippen molar-refractivity contribution < 1.29 is 19.1 Å². The highest BCUT2D eigenvalue weighted by Crippen LogP contribution is 2.34. The van der Waals surface area contributed by atoms with Gasteiger partial charge in [-0.25, -0.2) is 0 Å². The molecule has 2 aromatic carbocycles. The van der Waals surface area contributed by atoms with Gasteiger partial charge in [0.25, 0.3) is 5.91 Å². The number of methoxy groups -OCH3 is 1. The molecule has 7 nitrogen and oxygen atoms in total. The largest absolute Gasteiger partial charge is 0.497 e. The number of benzene rings is 2. The molecule has 0 atom stereocenters. The summed E-state index contributed by atoms with van der Waals surface area (Å²) in [5.74, 6) is 1.26. The molecule has 0 bridgehead atoms. The van der Waals surface area contributed by atoms with Gasteiger partial charge in [-0.1, -0.05) is 28.1 Å². The van der Waals surface area contributed by atoms with Crippen molar-refractivity contribution in [2.24, 2.45) is 0 Å². The standard InChI is InChI=1S/C23H26BrN3O4/c1-30-19-5-2-17(3-6-19)8-9-25-10-12-26(13-11-25)22(28)15-27-20-7-4-18(24)14-21(20)31-16-23(27)29/h2-7,14H,8-13,15-16H2,1H3. The van der Waals surface area contributed by atoms with E-state index in [9.17, 15) is 9.59 Å². The molecule has 2 amide bonds. The molecule has 2 aliphatic heterocycles. The van der Waals surface area contributed by atoms with Crippen molar-refractivity contribution >= 4 is 33.4 Å². The summed E-state index contributed by atoms with van der Waals surface area (Å²) in [5, 5.41) is 0. The van der Waals surface area contributed by atoms with Crippen molar-refractivity contribution in [2.45, 2.75) is 6.42 Å². The number of carbonyl (C=O) groups excluding carboxylic acids is 2. The van der Waals surface area contributed by atoms with Crippen LogP contribution in [-0.2, 0) is 16.0 Å². The predicted octanol–water partition coefficient (Wildman–Crippen LogP) is 2.57. The Morgan fingerprint density at radius 1 is 1.10 bits per heavy atom. The number of hydrogen-bond acceptors (Lipinski definition) is 5. The second kappa shape index (κ2) is 9.70. The van der Waals surface area contributed by atoms with Gasteiger partial charge in [0.1, 0.15) is 18.0 Å². The quantitative estimate of drug-likeness (QED) is 0.626. The van der Waals surface area contributed by atoms with E-state index in [2.05, 4.69) is 33.0 Å². The highest BCUT2D eigenvalue weighted by molar-refractivity contribution is 9.10. The zero-order valence-electron chi connectivity index (χ0n) is 17.6. The molecule has 164 valence electrons. The number of fused-ring (bicyclic) bond motifs is 1. The molecule has 0 radical (unpaired) electrons. The Morgan fingerprint density at radius 3 is 2.55 bits per heavy atom. The number of hydrogen-bond donors (Lipinski definition) is 0. The summed E-state index contributed by atoms with van der Waals surface area (Å²) >= 11 is 3.41. The Morgan fingerprint density at radius 2 is 1.84 bits per heavy atom. The number of anilines is 1. The van der Waals surface area contributed by atoms with Crippen LogP contribution in [0.4, 0.5) is 5.69 Å². The van der Waals surface area contributed by atoms with Crippen LogP contribution >= 0.6 is 15.9 Å². The lowest BCUT2D eigenvalue weighted by atomic mass is 10.1. The molecule has 2 aromatic rings. The third kappa shape index (κ3) is 5.19. The van der Waals surface area contributed by atoms with Crippen LogP contribution < -0.4 is 14.4 Å². The van der Waals surface area contributed by atoms with E-state index in [1.54, 1.807) is 13.2 Å². The van der Waals surface area contributed by atoms with Gasteiger partial charge in [-0.3, -0.25) is 19.4 Å². The molecule has 0 aromatic heterocycles. The maximum Gasteiger partial charge on any atom is 0.265 e. The summed E-state index contributed by atoms with van der Waals surface area (Å²) in [6.45, 7) is 3.97. The monoisotopic (exact) mass is 487 g/mol. The second-order valence-corrected chi connectivity index (χ2v) is 8.62. The molecule has 0 unspecified atom stereocenters. The molecule has 4 rings (SSSR count). The molecule has 1 fully saturated rings. The van der Waals surface area contributed by atoms with Crippen LogP contribution in [0, 0.1) is 0 Å². The number of halogens is 1. The third-order valence-electron chi connectivity index (χ3n) is 5.76. The van der Waals surface area contributed by atoms with Gasteiger partial charge >= 0.3 is 0 Å². The van der Waals surface area contributed by atoms with Crippen molar-refractivity contribution in [1.82, 2.24) is 9.80 Å². The average Bonchev–Trinajstić information content (AvgIpc) is 2.80. The maximum atomic E-state index is 12.9. The molecule has 8 heteroatoms. The molecule has 2 aliphatic rings. The first-order valence-electron chi connectivity index (χ1n) is 10.4. The first kappa shape index (κ1) is 21.6. The van der Waals surface area contributed by atoms with Crippen molar-refractivity contribution in [3.05, 3.63) is 52.5 Å². The van der Waals surface area contributed by atoms with Crippen LogP contribution in [0.15, 0.2) is 46.9 Å². The van der Waals surface area contributed by atoms with Gasteiger partial charge in [0.05, 0.1) is 12.8 Å². The molecule has 1 saturated heterocycles. The molecule has 0 saturated carbocycles. The Hall–Kier alpha value is -2.58. The Bertz CT molecular complexity index is 942. The van der Waals surface area contributed by atoms with Gasteiger partial charge in [-0.05, 0) is 42.3 Å². The van der Waals surface area contributed by atoms with Gasteiger partial charge < -0.3 is 14.4 Å². The Kier molecular flexibility index (Phi) is 6.77. The predicted molar refractivity (Wildman–Crippen MR) is 122 cm³/mol. The lowest BCUT2D eigenvalue weighted by molar-refractivity contribution is -0.133. The first-order chi connectivity index (χ1) is 15.0. The highest BCUT2D eigenvalue weighted by atomic mass is 79.9. The number of piperazine rings is 1. The molecule has 2 heterocycles. The maximum absolute atomic E-state index is 12.9. The van der Waals surface area contributed by atoms with Crippen LogP contribution in [0.3, 0.4) is 0 Å². The molecule has 0 N–H and O–H groups in total. The van der Waals surface area contributed by atoms with E-state index in [1.807, 2.05) is 29.2 Å². The number of nitrogens with zero attached hydrogens (tertiary/aromatic N) is 3. The molecule has 0 spiro atoms. The molecular formula is C23H26BrN3O4. The van der Waals surface area contributed by atoms with Crippen molar-refractivity contribution in [2.75, 3.05) is 57.9 Å². The van der Waals surface area contributed by atoms with Crippen LogP contribution in [-0.4, -0.2) is 74.6 Å². The minimum absolute atomic E-state index is 0.0288. The summed E-state index contributed by atoms with van der Waals surface area (Å²) < 4.78 is 11.6. The van der Waals surface area contributed by atoms with E-state index in [1.165, 1.54) is 10.5 Å². The van der Waals surface area contributed by atoms with Gasteiger partial charge in [-0.2, -0.15) is 0 Å². The Labute approximate surface area is 190 Å². The van der Waals surface area contributed by atoms with Gasteiger partial charge in [-0.15, -0.1) is 0 Å². The minimum Gasteiger partial charge on any atom is -0.497 e. The summed E-state index contributed by atoms with van der Waals surface area (Å²) in [4.78, 5) is 31.0. The van der Waals surface area contributed by atoms with Crippen LogP contribution in [0.1, 0.15) is 5.56 Å². The van der Waals surface area contributed by atoms with Crippen molar-refractivity contribution in [3.63, 3.8) is 0 Å². The van der Waals surface area contributed by atoms with E-state index in [0.29, 0.717) is 24.5 Å². The van der Waals surface area contributed by atoms with Crippen molar-refractivity contribution in [1.29, 1.82) is 0 Å². The van der Waals surface area contributed by atoms with E-state index < -0.39 is 0 Å². The van der Waals surface area contributed by atoms with Gasteiger partial charge in [0.2, 0.25) is 5.91 Å². The highest BCUT2D eigenvalue weighted by Gasteiger charge is 2.30. The average molecular weight is 488 g/mol. The van der Waals surface area contributed by atoms with E-state index in [-0.39, 0.29) is 25.0 Å². The molecule has 0 aliphatic carbocycles. The summed E-state index contributed by atoms with van der Waals surface area (Å²) in [5.41, 5.74) is 1.92. The van der Waals surface area contributed by atoms with E-state index in [0.717, 1.165) is 36.3 Å². The first-order valence-corrected chi connectivity index (χ1v) is 11.2. The lowest BCUT2D eigenvalue weighted by Gasteiger charge is -2.36. The SMILES string of the molecule is COc1ccc(CCN2CCN(C(=O)CN3C(=O)COc4cc(Br)ccc43)CC2)cc1. The van der Waals surface area contributed by atoms with Crippen LogP contribution in [0.2, 0.25) is 0 Å². The van der Waals surface area contributed by atoms with Crippen molar-refractivity contribution in [3.8, 4) is 11.5 Å². The second-order valence-electron chi connectivity index (χ2n) is 7.70. The van der Waals surface area contributed by atoms with Gasteiger partial charge in [0, 0.05) is 37.2 Å². The topological polar surface area (TPSA) is 62.3 Å². The smallest absolute Gasteiger partial charge is 0.265 e. The number of rotatable bonds is 6.